The second kappa shape index (κ2) is 7.81. The molecule has 0 unspecified atom stereocenters. The molecule has 6 nitrogen and oxygen atoms in total. The van der Waals surface area contributed by atoms with Gasteiger partial charge in [0.25, 0.3) is 0 Å². The lowest BCUT2D eigenvalue weighted by atomic mass is 9.94. The molecule has 0 saturated heterocycles. The van der Waals surface area contributed by atoms with Gasteiger partial charge in [0.05, 0.1) is 19.3 Å². The van der Waals surface area contributed by atoms with Gasteiger partial charge < -0.3 is 19.8 Å². The summed E-state index contributed by atoms with van der Waals surface area (Å²) in [5, 5.41) is 6.57. The first-order valence-electron chi connectivity index (χ1n) is 9.10. The second-order valence-corrected chi connectivity index (χ2v) is 7.51. The Balaban J connectivity index is 1.45. The first kappa shape index (κ1) is 18.3. The second-order valence-electron chi connectivity index (χ2n) is 7.51. The molecular weight excluding hydrogens is 328 g/mol. The number of nitrogens with zero attached hydrogens (tertiary/aromatic N) is 2. The van der Waals surface area contributed by atoms with Gasteiger partial charge in [-0.2, -0.15) is 0 Å². The number of hydrogen-bond donors (Lipinski definition) is 2. The molecular formula is C20H28N4O2. The Morgan fingerprint density at radius 2 is 2.12 bits per heavy atom. The van der Waals surface area contributed by atoms with E-state index < -0.39 is 0 Å². The van der Waals surface area contributed by atoms with Gasteiger partial charge >= 0.3 is 0 Å². The molecule has 0 fully saturated rings. The fraction of sp³-hybridized carbons (Fsp3) is 0.500. The van der Waals surface area contributed by atoms with Crippen LogP contribution in [-0.2, 0) is 24.8 Å². The number of nitrogens with one attached hydrogen (secondary N) is 2. The molecule has 1 aliphatic heterocycles. The maximum atomic E-state index is 5.79. The molecule has 0 amide bonds. The standard InChI is InChI=1S/C20H28N4O2/c1-20(2,3)17-12-23-18(26-17)13-24-19(21-4)22-9-7-14-5-6-16-15(11-14)8-10-25-16/h5-6,11-12H,7-10,13H2,1-4H3,(H2,21,22,24). The SMILES string of the molecule is CN=C(NCCc1ccc2c(c1)CCO2)NCc1ncc(C(C)(C)C)o1. The summed E-state index contributed by atoms with van der Waals surface area (Å²) in [6, 6.07) is 6.43. The molecule has 6 heteroatoms. The molecule has 0 spiro atoms. The Morgan fingerprint density at radius 3 is 2.85 bits per heavy atom. The Morgan fingerprint density at radius 1 is 1.27 bits per heavy atom. The van der Waals surface area contributed by atoms with Crippen molar-refractivity contribution in [1.29, 1.82) is 0 Å². The minimum atomic E-state index is -0.0356. The summed E-state index contributed by atoms with van der Waals surface area (Å²) in [4.78, 5) is 8.58. The molecule has 3 rings (SSSR count). The Kier molecular flexibility index (Phi) is 5.49. The van der Waals surface area contributed by atoms with Crippen LogP contribution in [0.5, 0.6) is 5.75 Å². The predicted octanol–water partition coefficient (Wildman–Crippen LogP) is 2.81. The van der Waals surface area contributed by atoms with Crippen LogP contribution in [0.2, 0.25) is 0 Å². The highest BCUT2D eigenvalue weighted by Gasteiger charge is 2.19. The summed E-state index contributed by atoms with van der Waals surface area (Å²) < 4.78 is 11.3. The molecule has 0 bridgehead atoms. The fourth-order valence-electron chi connectivity index (χ4n) is 2.84. The van der Waals surface area contributed by atoms with Crippen LogP contribution in [0.4, 0.5) is 0 Å². The van der Waals surface area contributed by atoms with Crippen LogP contribution in [-0.4, -0.2) is 31.1 Å². The quantitative estimate of drug-likeness (QED) is 0.637. The van der Waals surface area contributed by atoms with Crippen LogP contribution in [0.15, 0.2) is 33.8 Å². The maximum Gasteiger partial charge on any atom is 0.213 e. The lowest BCUT2D eigenvalue weighted by molar-refractivity contribution is 0.357. The van der Waals surface area contributed by atoms with Gasteiger partial charge in [-0.15, -0.1) is 0 Å². The number of benzene rings is 1. The van der Waals surface area contributed by atoms with E-state index in [-0.39, 0.29) is 5.41 Å². The van der Waals surface area contributed by atoms with E-state index in [4.69, 9.17) is 9.15 Å². The van der Waals surface area contributed by atoms with Crippen molar-refractivity contribution in [1.82, 2.24) is 15.6 Å². The zero-order valence-corrected chi connectivity index (χ0v) is 16.1. The number of ether oxygens (including phenoxy) is 1. The monoisotopic (exact) mass is 356 g/mol. The van der Waals surface area contributed by atoms with E-state index in [1.807, 2.05) is 0 Å². The van der Waals surface area contributed by atoms with Gasteiger partial charge in [-0.25, -0.2) is 4.98 Å². The molecule has 0 atom stereocenters. The number of aromatic nitrogens is 1. The summed E-state index contributed by atoms with van der Waals surface area (Å²) in [5.41, 5.74) is 2.58. The third kappa shape index (κ3) is 4.56. The first-order valence-corrected chi connectivity index (χ1v) is 9.10. The van der Waals surface area contributed by atoms with E-state index >= 15 is 0 Å². The number of hydrogen-bond acceptors (Lipinski definition) is 4. The molecule has 0 radical (unpaired) electrons. The third-order valence-corrected chi connectivity index (χ3v) is 4.38. The van der Waals surface area contributed by atoms with Crippen molar-refractivity contribution in [2.45, 2.75) is 45.6 Å². The molecule has 1 aliphatic rings. The zero-order valence-electron chi connectivity index (χ0n) is 16.1. The van der Waals surface area contributed by atoms with Gasteiger partial charge in [0.2, 0.25) is 5.89 Å². The minimum Gasteiger partial charge on any atom is -0.493 e. The molecule has 26 heavy (non-hydrogen) atoms. The zero-order chi connectivity index (χ0) is 18.6. The lowest BCUT2D eigenvalue weighted by Crippen LogP contribution is -2.37. The molecule has 2 heterocycles. The molecule has 140 valence electrons. The van der Waals surface area contributed by atoms with Gasteiger partial charge in [-0.05, 0) is 23.6 Å². The van der Waals surface area contributed by atoms with Crippen molar-refractivity contribution < 1.29 is 9.15 Å². The van der Waals surface area contributed by atoms with Crippen LogP contribution in [0.3, 0.4) is 0 Å². The highest BCUT2D eigenvalue weighted by atomic mass is 16.5. The Labute approximate surface area is 155 Å². The average Bonchev–Trinajstić information content (AvgIpc) is 3.26. The fourth-order valence-corrected chi connectivity index (χ4v) is 2.84. The van der Waals surface area contributed by atoms with E-state index in [1.54, 1.807) is 13.2 Å². The number of oxazole rings is 1. The highest BCUT2D eigenvalue weighted by Crippen LogP contribution is 2.26. The van der Waals surface area contributed by atoms with Gasteiger partial charge in [0.1, 0.15) is 11.5 Å². The number of fused-ring (bicyclic) bond motifs is 1. The van der Waals surface area contributed by atoms with Gasteiger partial charge in [-0.3, -0.25) is 4.99 Å². The Hall–Kier alpha value is -2.50. The van der Waals surface area contributed by atoms with E-state index in [0.29, 0.717) is 12.4 Å². The topological polar surface area (TPSA) is 71.7 Å². The van der Waals surface area contributed by atoms with Crippen molar-refractivity contribution in [2.75, 3.05) is 20.2 Å². The summed E-state index contributed by atoms with van der Waals surface area (Å²) in [6.45, 7) is 8.43. The Bertz CT molecular complexity index is 774. The van der Waals surface area contributed by atoms with Gasteiger partial charge in [-0.1, -0.05) is 32.9 Å². The van der Waals surface area contributed by atoms with Crippen LogP contribution < -0.4 is 15.4 Å². The molecule has 1 aromatic carbocycles. The van der Waals surface area contributed by atoms with Crippen molar-refractivity contribution in [3.05, 3.63) is 47.2 Å². The normalized spacial score (nSPS) is 14.1. The molecule has 1 aromatic heterocycles. The van der Waals surface area contributed by atoms with Crippen LogP contribution in [0.1, 0.15) is 43.5 Å². The van der Waals surface area contributed by atoms with Gasteiger partial charge in [0, 0.05) is 25.4 Å². The smallest absolute Gasteiger partial charge is 0.213 e. The van der Waals surface area contributed by atoms with Crippen molar-refractivity contribution in [3.8, 4) is 5.75 Å². The average molecular weight is 356 g/mol. The number of aliphatic imine (C=N–C) groups is 1. The van der Waals surface area contributed by atoms with Crippen molar-refractivity contribution in [2.24, 2.45) is 4.99 Å². The highest BCUT2D eigenvalue weighted by molar-refractivity contribution is 5.79. The maximum absolute atomic E-state index is 5.79. The van der Waals surface area contributed by atoms with E-state index in [0.717, 1.165) is 43.5 Å². The van der Waals surface area contributed by atoms with Crippen LogP contribution in [0, 0.1) is 0 Å². The summed E-state index contributed by atoms with van der Waals surface area (Å²) in [7, 11) is 1.76. The number of rotatable bonds is 5. The summed E-state index contributed by atoms with van der Waals surface area (Å²) >= 11 is 0. The minimum absolute atomic E-state index is 0.0356. The molecule has 0 saturated carbocycles. The van der Waals surface area contributed by atoms with E-state index in [9.17, 15) is 0 Å². The van der Waals surface area contributed by atoms with E-state index in [2.05, 4.69) is 59.6 Å². The summed E-state index contributed by atoms with van der Waals surface area (Å²) in [6.07, 6.45) is 3.73. The van der Waals surface area contributed by atoms with Gasteiger partial charge in [0.15, 0.2) is 5.96 Å². The molecule has 2 N–H and O–H groups in total. The first-order chi connectivity index (χ1) is 12.5. The van der Waals surface area contributed by atoms with Crippen molar-refractivity contribution >= 4 is 5.96 Å². The lowest BCUT2D eigenvalue weighted by Gasteiger charge is -2.13. The largest absolute Gasteiger partial charge is 0.493 e. The molecule has 2 aromatic rings. The third-order valence-electron chi connectivity index (χ3n) is 4.38. The van der Waals surface area contributed by atoms with Crippen LogP contribution >= 0.6 is 0 Å². The predicted molar refractivity (Wildman–Crippen MR) is 103 cm³/mol. The summed E-state index contributed by atoms with van der Waals surface area (Å²) in [5.74, 6) is 3.32. The molecule has 0 aliphatic carbocycles. The number of guanidine groups is 1. The van der Waals surface area contributed by atoms with Crippen LogP contribution in [0.25, 0.3) is 0 Å². The van der Waals surface area contributed by atoms with E-state index in [1.165, 1.54) is 11.1 Å². The van der Waals surface area contributed by atoms with Crippen molar-refractivity contribution in [3.63, 3.8) is 0 Å².